The third-order valence-corrected chi connectivity index (χ3v) is 5.85. The van der Waals surface area contributed by atoms with Crippen molar-refractivity contribution in [2.45, 2.75) is 45.4 Å². The number of nitrogens with one attached hydrogen (secondary N) is 1. The first-order chi connectivity index (χ1) is 11.1. The molecule has 122 valence electrons. The zero-order valence-electron chi connectivity index (χ0n) is 13.3. The van der Waals surface area contributed by atoms with Crippen LogP contribution in [0.4, 0.5) is 5.13 Å². The molecule has 1 aliphatic carbocycles. The highest BCUT2D eigenvalue weighted by Crippen LogP contribution is 2.29. The van der Waals surface area contributed by atoms with Crippen LogP contribution in [-0.2, 0) is 11.2 Å². The molecule has 1 saturated carbocycles. The Morgan fingerprint density at radius 1 is 1.30 bits per heavy atom. The van der Waals surface area contributed by atoms with Gasteiger partial charge in [0.1, 0.15) is 0 Å². The van der Waals surface area contributed by atoms with E-state index in [0.717, 1.165) is 53.3 Å². The first-order valence-electron chi connectivity index (χ1n) is 8.14. The second-order valence-electron chi connectivity index (χ2n) is 6.12. The summed E-state index contributed by atoms with van der Waals surface area (Å²) in [6, 6.07) is 7.85. The summed E-state index contributed by atoms with van der Waals surface area (Å²) in [5, 5.41) is 4.49. The Kier molecular flexibility index (Phi) is 5.34. The molecule has 1 aromatic carbocycles. The number of nitrogens with zero attached hydrogens (tertiary/aromatic N) is 1. The summed E-state index contributed by atoms with van der Waals surface area (Å²) >= 11 is 7.79. The van der Waals surface area contributed by atoms with Crippen molar-refractivity contribution in [3.8, 4) is 0 Å². The second-order valence-corrected chi connectivity index (χ2v) is 7.61. The molecular formula is C18H21ClN2OS. The van der Waals surface area contributed by atoms with Crippen molar-refractivity contribution in [3.63, 3.8) is 0 Å². The molecule has 0 radical (unpaired) electrons. The van der Waals surface area contributed by atoms with E-state index in [0.29, 0.717) is 5.13 Å². The fourth-order valence-corrected chi connectivity index (χ4v) is 4.22. The summed E-state index contributed by atoms with van der Waals surface area (Å²) in [5.74, 6) is 0.280. The highest BCUT2D eigenvalue weighted by atomic mass is 35.5. The lowest BCUT2D eigenvalue weighted by atomic mass is 9.89. The quantitative estimate of drug-likeness (QED) is 0.823. The van der Waals surface area contributed by atoms with E-state index in [-0.39, 0.29) is 11.8 Å². The summed E-state index contributed by atoms with van der Waals surface area (Å²) in [6.45, 7) is 1.99. The average molecular weight is 349 g/mol. The van der Waals surface area contributed by atoms with Gasteiger partial charge in [0.2, 0.25) is 5.91 Å². The number of thiazole rings is 1. The average Bonchev–Trinajstić information content (AvgIpc) is 2.90. The Labute approximate surface area is 146 Å². The summed E-state index contributed by atoms with van der Waals surface area (Å²) in [7, 11) is 0. The summed E-state index contributed by atoms with van der Waals surface area (Å²) in [4.78, 5) is 18.0. The number of rotatable bonds is 4. The Morgan fingerprint density at radius 3 is 2.78 bits per heavy atom. The number of aromatic nitrogens is 1. The van der Waals surface area contributed by atoms with E-state index in [9.17, 15) is 4.79 Å². The molecule has 23 heavy (non-hydrogen) atoms. The van der Waals surface area contributed by atoms with Crippen molar-refractivity contribution >= 4 is 34.0 Å². The molecule has 1 fully saturated rings. The molecule has 0 spiro atoms. The third-order valence-electron chi connectivity index (χ3n) is 4.41. The van der Waals surface area contributed by atoms with Gasteiger partial charge in [0.15, 0.2) is 5.13 Å². The van der Waals surface area contributed by atoms with Gasteiger partial charge in [-0.3, -0.25) is 4.79 Å². The fraction of sp³-hybridized carbons (Fsp3) is 0.444. The fourth-order valence-electron chi connectivity index (χ4n) is 3.03. The van der Waals surface area contributed by atoms with Crippen molar-refractivity contribution in [2.24, 2.45) is 5.92 Å². The predicted octanol–water partition coefficient (Wildman–Crippen LogP) is 5.21. The highest BCUT2D eigenvalue weighted by Gasteiger charge is 2.22. The minimum absolute atomic E-state index is 0.128. The number of amides is 1. The molecule has 1 N–H and O–H groups in total. The van der Waals surface area contributed by atoms with E-state index in [1.165, 1.54) is 6.42 Å². The molecule has 2 aromatic rings. The number of halogens is 1. The lowest BCUT2D eigenvalue weighted by Gasteiger charge is -2.19. The molecule has 0 atom stereocenters. The van der Waals surface area contributed by atoms with Gasteiger partial charge in [-0.2, -0.15) is 0 Å². The minimum atomic E-state index is 0.128. The monoisotopic (exact) mass is 348 g/mol. The number of benzene rings is 1. The molecule has 0 saturated heterocycles. The molecule has 1 amide bonds. The lowest BCUT2D eigenvalue weighted by Crippen LogP contribution is -2.24. The van der Waals surface area contributed by atoms with Crippen LogP contribution in [0.1, 0.15) is 48.2 Å². The van der Waals surface area contributed by atoms with Crippen LogP contribution in [0.5, 0.6) is 0 Å². The maximum atomic E-state index is 12.3. The van der Waals surface area contributed by atoms with Gasteiger partial charge in [-0.1, -0.05) is 49.1 Å². The van der Waals surface area contributed by atoms with Gasteiger partial charge in [0, 0.05) is 22.2 Å². The zero-order valence-corrected chi connectivity index (χ0v) is 14.8. The van der Waals surface area contributed by atoms with Crippen LogP contribution in [0, 0.1) is 12.8 Å². The van der Waals surface area contributed by atoms with Crippen molar-refractivity contribution in [1.82, 2.24) is 4.98 Å². The van der Waals surface area contributed by atoms with Crippen molar-refractivity contribution in [3.05, 3.63) is 45.4 Å². The number of carbonyl (C=O) groups excluding carboxylic acids is 1. The Bertz CT molecular complexity index is 692. The maximum absolute atomic E-state index is 12.3. The summed E-state index contributed by atoms with van der Waals surface area (Å²) in [5.41, 5.74) is 2.06. The number of hydrogen-bond acceptors (Lipinski definition) is 3. The lowest BCUT2D eigenvalue weighted by molar-refractivity contribution is -0.120. The minimum Gasteiger partial charge on any atom is -0.302 e. The molecular weight excluding hydrogens is 328 g/mol. The van der Waals surface area contributed by atoms with Crippen molar-refractivity contribution in [1.29, 1.82) is 0 Å². The normalized spacial score (nSPS) is 15.6. The number of aryl methyl sites for hydroxylation is 1. The molecule has 0 unspecified atom stereocenters. The van der Waals surface area contributed by atoms with Crippen LogP contribution in [0.2, 0.25) is 5.02 Å². The van der Waals surface area contributed by atoms with E-state index in [1.54, 1.807) is 11.3 Å². The van der Waals surface area contributed by atoms with Gasteiger partial charge in [0.25, 0.3) is 0 Å². The Hall–Kier alpha value is -1.39. The second kappa shape index (κ2) is 7.45. The van der Waals surface area contributed by atoms with Crippen LogP contribution < -0.4 is 5.32 Å². The number of hydrogen-bond donors (Lipinski definition) is 1. The van der Waals surface area contributed by atoms with E-state index in [1.807, 2.05) is 31.2 Å². The molecule has 1 heterocycles. The van der Waals surface area contributed by atoms with Gasteiger partial charge in [0.05, 0.1) is 5.69 Å². The largest absolute Gasteiger partial charge is 0.302 e. The van der Waals surface area contributed by atoms with E-state index in [4.69, 9.17) is 11.6 Å². The molecule has 5 heteroatoms. The molecule has 3 rings (SSSR count). The highest BCUT2D eigenvalue weighted by molar-refractivity contribution is 7.15. The van der Waals surface area contributed by atoms with Crippen molar-refractivity contribution in [2.75, 3.05) is 5.32 Å². The van der Waals surface area contributed by atoms with Crippen LogP contribution >= 0.6 is 22.9 Å². The molecule has 1 aliphatic rings. The van der Waals surface area contributed by atoms with Crippen LogP contribution in [-0.4, -0.2) is 10.9 Å². The first kappa shape index (κ1) is 16.5. The van der Waals surface area contributed by atoms with Gasteiger partial charge < -0.3 is 5.32 Å². The van der Waals surface area contributed by atoms with Crippen LogP contribution in [0.3, 0.4) is 0 Å². The SMILES string of the molecule is Cc1nc(NC(=O)C2CCCCC2)sc1Cc1ccccc1Cl. The Morgan fingerprint density at radius 2 is 2.04 bits per heavy atom. The van der Waals surface area contributed by atoms with Crippen LogP contribution in [0.25, 0.3) is 0 Å². The Balaban J connectivity index is 1.68. The number of anilines is 1. The first-order valence-corrected chi connectivity index (χ1v) is 9.33. The van der Waals surface area contributed by atoms with Gasteiger partial charge >= 0.3 is 0 Å². The van der Waals surface area contributed by atoms with Gasteiger partial charge in [-0.25, -0.2) is 4.98 Å². The van der Waals surface area contributed by atoms with Crippen molar-refractivity contribution < 1.29 is 4.79 Å². The zero-order chi connectivity index (χ0) is 16.2. The van der Waals surface area contributed by atoms with E-state index >= 15 is 0 Å². The van der Waals surface area contributed by atoms with Gasteiger partial charge in [-0.15, -0.1) is 11.3 Å². The van der Waals surface area contributed by atoms with Gasteiger partial charge in [-0.05, 0) is 31.4 Å². The number of carbonyl (C=O) groups is 1. The van der Waals surface area contributed by atoms with Crippen LogP contribution in [0.15, 0.2) is 24.3 Å². The predicted molar refractivity (Wildman–Crippen MR) is 96.3 cm³/mol. The standard InChI is InChI=1S/C18H21ClN2OS/c1-12-16(11-14-9-5-6-10-15(14)19)23-18(20-12)21-17(22)13-7-3-2-4-8-13/h5-6,9-10,13H,2-4,7-8,11H2,1H3,(H,20,21,22). The molecule has 0 bridgehead atoms. The molecule has 3 nitrogen and oxygen atoms in total. The maximum Gasteiger partial charge on any atom is 0.229 e. The molecule has 1 aromatic heterocycles. The smallest absolute Gasteiger partial charge is 0.229 e. The summed E-state index contributed by atoms with van der Waals surface area (Å²) in [6.07, 6.45) is 6.33. The topological polar surface area (TPSA) is 42.0 Å². The third kappa shape index (κ3) is 4.12. The van der Waals surface area contributed by atoms with E-state index in [2.05, 4.69) is 10.3 Å². The molecule has 0 aliphatic heterocycles. The van der Waals surface area contributed by atoms with E-state index < -0.39 is 0 Å². The summed E-state index contributed by atoms with van der Waals surface area (Å²) < 4.78 is 0.